The zero-order chi connectivity index (χ0) is 8.55. The summed E-state index contributed by atoms with van der Waals surface area (Å²) in [5.74, 6) is 0. The molecule has 0 aliphatic heterocycles. The van der Waals surface area contributed by atoms with Gasteiger partial charge in [-0.25, -0.2) is 0 Å². The Kier molecular flexibility index (Phi) is 1.40. The molecular formula is C8H7N3O. The van der Waals surface area contributed by atoms with Crippen molar-refractivity contribution >= 4 is 11.0 Å². The van der Waals surface area contributed by atoms with Gasteiger partial charge in [0.05, 0.1) is 11.6 Å². The molecule has 2 aromatic rings. The highest BCUT2D eigenvalue weighted by molar-refractivity contribution is 5.73. The minimum Gasteiger partial charge on any atom is -0.334 e. The molecule has 2 heterocycles. The van der Waals surface area contributed by atoms with E-state index in [0.29, 0.717) is 11.0 Å². The third-order valence-electron chi connectivity index (χ3n) is 1.75. The third-order valence-corrected chi connectivity index (χ3v) is 1.75. The molecule has 0 saturated carbocycles. The summed E-state index contributed by atoms with van der Waals surface area (Å²) in [5.41, 5.74) is 0.600. The summed E-state index contributed by atoms with van der Waals surface area (Å²) < 4.78 is 1.77. The van der Waals surface area contributed by atoms with Crippen molar-refractivity contribution in [1.29, 1.82) is 0 Å². The summed E-state index contributed by atoms with van der Waals surface area (Å²) in [4.78, 5) is 11.2. The van der Waals surface area contributed by atoms with Crippen LogP contribution >= 0.6 is 0 Å². The maximum Gasteiger partial charge on any atom is 0.191 e. The van der Waals surface area contributed by atoms with E-state index in [0.717, 1.165) is 0 Å². The molecule has 12 heavy (non-hydrogen) atoms. The van der Waals surface area contributed by atoms with Gasteiger partial charge in [-0.1, -0.05) is 0 Å². The lowest BCUT2D eigenvalue weighted by Crippen LogP contribution is -2.06. The fourth-order valence-electron chi connectivity index (χ4n) is 1.12. The highest BCUT2D eigenvalue weighted by Gasteiger charge is 1.99. The molecule has 0 aliphatic rings. The van der Waals surface area contributed by atoms with Crippen LogP contribution in [0.4, 0.5) is 0 Å². The monoisotopic (exact) mass is 161 g/mol. The van der Waals surface area contributed by atoms with E-state index < -0.39 is 0 Å². The van der Waals surface area contributed by atoms with Gasteiger partial charge in [0, 0.05) is 19.3 Å². The van der Waals surface area contributed by atoms with Gasteiger partial charge in [0.1, 0.15) is 0 Å². The molecule has 4 nitrogen and oxygen atoms in total. The van der Waals surface area contributed by atoms with Crippen LogP contribution in [0.15, 0.2) is 29.3 Å². The van der Waals surface area contributed by atoms with E-state index in [2.05, 4.69) is 10.2 Å². The van der Waals surface area contributed by atoms with Crippen molar-refractivity contribution in [3.8, 4) is 0 Å². The smallest absolute Gasteiger partial charge is 0.191 e. The first-order chi connectivity index (χ1) is 5.79. The second kappa shape index (κ2) is 2.41. The van der Waals surface area contributed by atoms with Crippen molar-refractivity contribution in [2.75, 3.05) is 0 Å². The first-order valence-electron chi connectivity index (χ1n) is 3.56. The van der Waals surface area contributed by atoms with Gasteiger partial charge in [-0.15, -0.1) is 5.10 Å². The van der Waals surface area contributed by atoms with E-state index in [1.165, 1.54) is 12.3 Å². The molecular weight excluding hydrogens is 154 g/mol. The number of pyridine rings is 1. The van der Waals surface area contributed by atoms with Crippen LogP contribution in [0, 0.1) is 0 Å². The molecule has 0 aromatic carbocycles. The van der Waals surface area contributed by atoms with E-state index in [1.807, 2.05) is 7.05 Å². The molecule has 0 bridgehead atoms. The lowest BCUT2D eigenvalue weighted by molar-refractivity contribution is 0.898. The molecule has 0 radical (unpaired) electrons. The van der Waals surface area contributed by atoms with E-state index >= 15 is 0 Å². The lowest BCUT2D eigenvalue weighted by atomic mass is 10.3. The average Bonchev–Trinajstić information content (AvgIpc) is 2.12. The quantitative estimate of drug-likeness (QED) is 0.559. The highest BCUT2D eigenvalue weighted by atomic mass is 16.1. The predicted octanol–water partition coefficient (Wildman–Crippen LogP) is 0.328. The largest absolute Gasteiger partial charge is 0.334 e. The Morgan fingerprint density at radius 3 is 3.00 bits per heavy atom. The Morgan fingerprint density at radius 1 is 1.42 bits per heavy atom. The van der Waals surface area contributed by atoms with Crippen LogP contribution in [0.2, 0.25) is 0 Å². The standard InChI is InChI=1S/C8H7N3O/c1-11-5-3-7(12)6-2-4-9-10-8(6)11/h2-5H,1H3. The van der Waals surface area contributed by atoms with Crippen molar-refractivity contribution in [2.45, 2.75) is 0 Å². The van der Waals surface area contributed by atoms with Crippen LogP contribution in [-0.2, 0) is 7.05 Å². The van der Waals surface area contributed by atoms with Gasteiger partial charge in [-0.3, -0.25) is 4.79 Å². The van der Waals surface area contributed by atoms with Gasteiger partial charge < -0.3 is 4.57 Å². The second-order valence-electron chi connectivity index (χ2n) is 2.56. The van der Waals surface area contributed by atoms with Gasteiger partial charge in [0.25, 0.3) is 0 Å². The lowest BCUT2D eigenvalue weighted by Gasteiger charge is -1.99. The molecule has 0 saturated heterocycles. The summed E-state index contributed by atoms with van der Waals surface area (Å²) in [6.45, 7) is 0. The summed E-state index contributed by atoms with van der Waals surface area (Å²) in [6, 6.07) is 3.19. The molecule has 2 aromatic heterocycles. The number of aryl methyl sites for hydroxylation is 1. The number of rotatable bonds is 0. The first-order valence-corrected chi connectivity index (χ1v) is 3.56. The van der Waals surface area contributed by atoms with E-state index in [-0.39, 0.29) is 5.43 Å². The molecule has 0 amide bonds. The summed E-state index contributed by atoms with van der Waals surface area (Å²) >= 11 is 0. The van der Waals surface area contributed by atoms with Crippen LogP contribution in [0.25, 0.3) is 11.0 Å². The molecule has 0 atom stereocenters. The normalized spacial score (nSPS) is 10.4. The zero-order valence-corrected chi connectivity index (χ0v) is 6.56. The molecule has 0 spiro atoms. The van der Waals surface area contributed by atoms with Crippen molar-refractivity contribution in [3.05, 3.63) is 34.7 Å². The maximum absolute atomic E-state index is 11.2. The van der Waals surface area contributed by atoms with Crippen LogP contribution in [-0.4, -0.2) is 14.8 Å². The fraction of sp³-hybridized carbons (Fsp3) is 0.125. The Balaban J connectivity index is 3.05. The summed E-state index contributed by atoms with van der Waals surface area (Å²) in [6.07, 6.45) is 3.20. The zero-order valence-electron chi connectivity index (χ0n) is 6.56. The van der Waals surface area contributed by atoms with Crippen molar-refractivity contribution in [2.24, 2.45) is 7.05 Å². The minimum absolute atomic E-state index is 0.0157. The molecule has 0 aliphatic carbocycles. The van der Waals surface area contributed by atoms with E-state index in [9.17, 15) is 4.79 Å². The number of nitrogens with zero attached hydrogens (tertiary/aromatic N) is 3. The SMILES string of the molecule is Cn1ccc(=O)c2ccnnc21. The molecule has 0 fully saturated rings. The Hall–Kier alpha value is -1.71. The van der Waals surface area contributed by atoms with Crippen LogP contribution in [0.1, 0.15) is 0 Å². The first kappa shape index (κ1) is 6.97. The molecule has 60 valence electrons. The van der Waals surface area contributed by atoms with E-state index in [1.54, 1.807) is 16.8 Å². The van der Waals surface area contributed by atoms with Crippen molar-refractivity contribution in [3.63, 3.8) is 0 Å². The summed E-state index contributed by atoms with van der Waals surface area (Å²) in [7, 11) is 1.83. The number of hydrogen-bond acceptors (Lipinski definition) is 3. The minimum atomic E-state index is -0.0157. The second-order valence-corrected chi connectivity index (χ2v) is 2.56. The van der Waals surface area contributed by atoms with Gasteiger partial charge in [0.2, 0.25) is 0 Å². The maximum atomic E-state index is 11.2. The van der Waals surface area contributed by atoms with Crippen LogP contribution < -0.4 is 5.43 Å². The van der Waals surface area contributed by atoms with Gasteiger partial charge in [-0.2, -0.15) is 5.10 Å². The van der Waals surface area contributed by atoms with Gasteiger partial charge in [-0.05, 0) is 6.07 Å². The fourth-order valence-corrected chi connectivity index (χ4v) is 1.12. The molecule has 0 unspecified atom stereocenters. The highest BCUT2D eigenvalue weighted by Crippen LogP contribution is 2.01. The summed E-state index contributed by atoms with van der Waals surface area (Å²) in [5, 5.41) is 8.17. The Bertz CT molecular complexity index is 475. The molecule has 2 rings (SSSR count). The third kappa shape index (κ3) is 0.887. The molecule has 0 N–H and O–H groups in total. The Labute approximate surface area is 68.5 Å². The topological polar surface area (TPSA) is 47.8 Å². The number of fused-ring (bicyclic) bond motifs is 1. The Morgan fingerprint density at radius 2 is 2.25 bits per heavy atom. The van der Waals surface area contributed by atoms with E-state index in [4.69, 9.17) is 0 Å². The average molecular weight is 161 g/mol. The van der Waals surface area contributed by atoms with Crippen LogP contribution in [0.3, 0.4) is 0 Å². The van der Waals surface area contributed by atoms with Gasteiger partial charge >= 0.3 is 0 Å². The van der Waals surface area contributed by atoms with Crippen molar-refractivity contribution < 1.29 is 0 Å². The molecule has 4 heteroatoms. The van der Waals surface area contributed by atoms with Crippen molar-refractivity contribution in [1.82, 2.24) is 14.8 Å². The van der Waals surface area contributed by atoms with Crippen LogP contribution in [0.5, 0.6) is 0 Å². The number of aromatic nitrogens is 3. The number of hydrogen-bond donors (Lipinski definition) is 0. The predicted molar refractivity (Wildman–Crippen MR) is 44.8 cm³/mol. The van der Waals surface area contributed by atoms with Gasteiger partial charge in [0.15, 0.2) is 11.1 Å².